The highest BCUT2D eigenvalue weighted by Gasteiger charge is 2.33. The topological polar surface area (TPSA) is 110 Å². The Bertz CT molecular complexity index is 1730. The minimum absolute atomic E-state index is 0.0586. The van der Waals surface area contributed by atoms with Crippen molar-refractivity contribution in [2.75, 3.05) is 0 Å². The largest absolute Gasteiger partial charge is 0.508 e. The zero-order valence-electron chi connectivity index (χ0n) is 17.7. The number of fused-ring (bicyclic) bond motifs is 4. The van der Waals surface area contributed by atoms with Crippen LogP contribution in [0.3, 0.4) is 0 Å². The molecule has 0 saturated carbocycles. The molecule has 5 aromatic rings. The second kappa shape index (κ2) is 7.45. The molecule has 2 aromatic heterocycles. The number of aromatic amines is 1. The van der Waals surface area contributed by atoms with E-state index in [4.69, 9.17) is 9.15 Å². The minimum atomic E-state index is -0.643. The number of rotatable bonds is 2. The number of hydrogen-bond acceptors (Lipinski definition) is 6. The van der Waals surface area contributed by atoms with Gasteiger partial charge in [0.1, 0.15) is 23.3 Å². The fraction of sp³-hybridized carbons (Fsp3) is 0.0741. The lowest BCUT2D eigenvalue weighted by Gasteiger charge is -2.25. The molecule has 1 atom stereocenters. The van der Waals surface area contributed by atoms with E-state index in [-0.39, 0.29) is 34.5 Å². The number of ether oxygens (including phenoxy) is 1. The molecule has 166 valence electrons. The zero-order valence-corrected chi connectivity index (χ0v) is 17.7. The molecule has 0 saturated heterocycles. The molecular weight excluding hydrogens is 434 g/mol. The fourth-order valence-electron chi connectivity index (χ4n) is 4.58. The van der Waals surface area contributed by atoms with E-state index in [2.05, 4.69) is 4.98 Å². The molecule has 34 heavy (non-hydrogen) atoms. The van der Waals surface area contributed by atoms with Gasteiger partial charge in [-0.25, -0.2) is 0 Å². The molecule has 1 aliphatic rings. The number of phenolic OH excluding ortho intramolecular Hbond substituents is 1. The predicted octanol–water partition coefficient (Wildman–Crippen LogP) is 4.45. The van der Waals surface area contributed by atoms with Crippen LogP contribution in [0.15, 0.2) is 87.0 Å². The van der Waals surface area contributed by atoms with Crippen molar-refractivity contribution in [1.82, 2.24) is 4.98 Å². The molecule has 7 nitrogen and oxygen atoms in total. The highest BCUT2D eigenvalue weighted by Crippen LogP contribution is 2.42. The van der Waals surface area contributed by atoms with Crippen LogP contribution in [0.2, 0.25) is 0 Å². The molecule has 2 N–H and O–H groups in total. The Kier molecular flexibility index (Phi) is 4.38. The molecular formula is C27H17NO6. The monoisotopic (exact) mass is 451 g/mol. The van der Waals surface area contributed by atoms with Crippen LogP contribution >= 0.6 is 0 Å². The van der Waals surface area contributed by atoms with Gasteiger partial charge in [0.25, 0.3) is 5.56 Å². The number of H-pyrrole nitrogens is 1. The molecule has 0 unspecified atom stereocenters. The van der Waals surface area contributed by atoms with Crippen molar-refractivity contribution < 1.29 is 19.1 Å². The Morgan fingerprint density at radius 2 is 1.74 bits per heavy atom. The maximum atomic E-state index is 13.4. The summed E-state index contributed by atoms with van der Waals surface area (Å²) >= 11 is 0. The van der Waals surface area contributed by atoms with Crippen molar-refractivity contribution in [2.45, 2.75) is 12.3 Å². The predicted molar refractivity (Wildman–Crippen MR) is 126 cm³/mol. The van der Waals surface area contributed by atoms with Crippen molar-refractivity contribution >= 4 is 27.8 Å². The molecule has 0 fully saturated rings. The number of carbonyl (C=O) groups excluding carboxylic acids is 1. The smallest absolute Gasteiger partial charge is 0.312 e. The molecule has 3 heterocycles. The van der Waals surface area contributed by atoms with Gasteiger partial charge < -0.3 is 19.2 Å². The number of nitrogens with one attached hydrogen (secondary N) is 1. The number of aromatic nitrogens is 1. The van der Waals surface area contributed by atoms with Gasteiger partial charge in [-0.05, 0) is 47.3 Å². The maximum absolute atomic E-state index is 13.4. The van der Waals surface area contributed by atoms with Crippen molar-refractivity contribution in [3.05, 3.63) is 105 Å². The Labute approximate surface area is 191 Å². The van der Waals surface area contributed by atoms with Gasteiger partial charge in [-0.1, -0.05) is 30.3 Å². The summed E-state index contributed by atoms with van der Waals surface area (Å²) in [5.41, 5.74) is 2.21. The van der Waals surface area contributed by atoms with E-state index in [1.165, 1.54) is 18.4 Å². The van der Waals surface area contributed by atoms with Crippen LogP contribution in [-0.4, -0.2) is 16.1 Å². The van der Waals surface area contributed by atoms with Crippen LogP contribution < -0.4 is 15.7 Å². The third kappa shape index (κ3) is 3.09. The van der Waals surface area contributed by atoms with Gasteiger partial charge in [-0.3, -0.25) is 14.4 Å². The van der Waals surface area contributed by atoms with E-state index in [0.29, 0.717) is 33.2 Å². The molecule has 0 aliphatic carbocycles. The normalized spacial score (nSPS) is 15.3. The number of esters is 1. The van der Waals surface area contributed by atoms with Crippen molar-refractivity contribution in [3.63, 3.8) is 0 Å². The number of para-hydroxylation sites is 1. The van der Waals surface area contributed by atoms with Crippen LogP contribution in [0.1, 0.15) is 23.5 Å². The Morgan fingerprint density at radius 3 is 2.56 bits per heavy atom. The summed E-state index contributed by atoms with van der Waals surface area (Å²) in [6.45, 7) is 0. The quantitative estimate of drug-likeness (QED) is 0.303. The SMILES string of the molecule is O=C1C[C@H](c2cc3ccccc3[nH]c2=O)c2c(ccc3c(=O)c(-c4ccc(O)cc4)coc23)O1. The van der Waals surface area contributed by atoms with Crippen LogP contribution in [0.4, 0.5) is 0 Å². The summed E-state index contributed by atoms with van der Waals surface area (Å²) in [5.74, 6) is -0.751. The summed E-state index contributed by atoms with van der Waals surface area (Å²) in [6, 6.07) is 18.5. The first kappa shape index (κ1) is 20.0. The zero-order chi connectivity index (χ0) is 23.4. The lowest BCUT2D eigenvalue weighted by molar-refractivity contribution is -0.135. The van der Waals surface area contributed by atoms with Crippen LogP contribution in [0, 0.1) is 0 Å². The second-order valence-electron chi connectivity index (χ2n) is 8.25. The first-order valence-corrected chi connectivity index (χ1v) is 10.7. The summed E-state index contributed by atoms with van der Waals surface area (Å²) in [5, 5.41) is 10.7. The van der Waals surface area contributed by atoms with Crippen molar-refractivity contribution in [2.24, 2.45) is 0 Å². The Balaban J connectivity index is 1.59. The van der Waals surface area contributed by atoms with Crippen LogP contribution in [0.5, 0.6) is 11.5 Å². The first-order chi connectivity index (χ1) is 16.5. The lowest BCUT2D eigenvalue weighted by atomic mass is 9.85. The van der Waals surface area contributed by atoms with Gasteiger partial charge >= 0.3 is 5.97 Å². The third-order valence-corrected chi connectivity index (χ3v) is 6.22. The van der Waals surface area contributed by atoms with Crippen LogP contribution in [-0.2, 0) is 4.79 Å². The van der Waals surface area contributed by atoms with E-state index in [1.54, 1.807) is 30.3 Å². The molecule has 3 aromatic carbocycles. The molecule has 0 amide bonds. The number of aromatic hydroxyl groups is 1. The molecule has 7 heteroatoms. The van der Waals surface area contributed by atoms with Gasteiger partial charge in [-0.2, -0.15) is 0 Å². The summed E-state index contributed by atoms with van der Waals surface area (Å²) in [4.78, 5) is 41.6. The van der Waals surface area contributed by atoms with E-state index in [0.717, 1.165) is 5.39 Å². The standard InChI is InChI=1S/C27H17NO6/c29-16-7-5-14(6-8-16)20-13-33-26-17(25(20)31)9-10-22-24(26)18(12-23(30)34-22)19-11-15-3-1-2-4-21(15)28-27(19)32/h1-11,13,18,29H,12H2,(H,28,32)/t18-/m1/s1. The number of benzene rings is 3. The average Bonchev–Trinajstić information content (AvgIpc) is 2.84. The third-order valence-electron chi connectivity index (χ3n) is 6.22. The highest BCUT2D eigenvalue weighted by molar-refractivity contribution is 5.90. The number of carbonyl (C=O) groups is 1. The van der Waals surface area contributed by atoms with Crippen LogP contribution in [0.25, 0.3) is 33.0 Å². The summed E-state index contributed by atoms with van der Waals surface area (Å²) < 4.78 is 11.4. The van der Waals surface area contributed by atoms with Gasteiger partial charge in [-0.15, -0.1) is 0 Å². The Morgan fingerprint density at radius 1 is 0.941 bits per heavy atom. The highest BCUT2D eigenvalue weighted by atomic mass is 16.5. The van der Waals surface area contributed by atoms with E-state index in [1.807, 2.05) is 24.3 Å². The minimum Gasteiger partial charge on any atom is -0.508 e. The van der Waals surface area contributed by atoms with Gasteiger partial charge in [0.2, 0.25) is 5.43 Å². The second-order valence-corrected chi connectivity index (χ2v) is 8.25. The van der Waals surface area contributed by atoms with Gasteiger partial charge in [0.05, 0.1) is 17.4 Å². The van der Waals surface area contributed by atoms with E-state index < -0.39 is 11.9 Å². The maximum Gasteiger partial charge on any atom is 0.312 e. The Hall–Kier alpha value is -4.65. The van der Waals surface area contributed by atoms with Crippen molar-refractivity contribution in [1.29, 1.82) is 0 Å². The van der Waals surface area contributed by atoms with E-state index >= 15 is 0 Å². The molecule has 0 spiro atoms. The number of phenols is 1. The molecule has 1 aliphatic heterocycles. The van der Waals surface area contributed by atoms with Gasteiger partial charge in [0, 0.05) is 22.6 Å². The molecule has 0 radical (unpaired) electrons. The summed E-state index contributed by atoms with van der Waals surface area (Å²) in [7, 11) is 0. The van der Waals surface area contributed by atoms with E-state index in [9.17, 15) is 19.5 Å². The fourth-order valence-corrected chi connectivity index (χ4v) is 4.58. The molecule has 6 rings (SSSR count). The van der Waals surface area contributed by atoms with Crippen molar-refractivity contribution in [3.8, 4) is 22.6 Å². The average molecular weight is 451 g/mol. The first-order valence-electron chi connectivity index (χ1n) is 10.7. The number of pyridine rings is 1. The van der Waals surface area contributed by atoms with Gasteiger partial charge in [0.15, 0.2) is 0 Å². The lowest BCUT2D eigenvalue weighted by Crippen LogP contribution is -2.26. The number of hydrogen-bond donors (Lipinski definition) is 2. The summed E-state index contributed by atoms with van der Waals surface area (Å²) in [6.07, 6.45) is 1.30. The molecule has 0 bridgehead atoms.